The molecule has 25 heavy (non-hydrogen) atoms. The SMILES string of the molecule is CCOc1ccc(C(=O)NCc2ccc(N(CC)CC)cc2)cc1C. The fraction of sp³-hybridized carbons (Fsp3) is 0.381. The number of benzene rings is 2. The first-order chi connectivity index (χ1) is 12.1. The van der Waals surface area contributed by atoms with E-state index in [1.54, 1.807) is 6.07 Å². The normalized spacial score (nSPS) is 10.4. The Bertz CT molecular complexity index is 692. The van der Waals surface area contributed by atoms with Gasteiger partial charge in [0.15, 0.2) is 0 Å². The van der Waals surface area contributed by atoms with Gasteiger partial charge in [-0.3, -0.25) is 4.79 Å². The van der Waals surface area contributed by atoms with Crippen molar-refractivity contribution in [1.82, 2.24) is 5.32 Å². The van der Waals surface area contributed by atoms with Crippen LogP contribution in [-0.4, -0.2) is 25.6 Å². The van der Waals surface area contributed by atoms with Gasteiger partial charge in [0.25, 0.3) is 5.91 Å². The smallest absolute Gasteiger partial charge is 0.251 e. The first kappa shape index (κ1) is 18.8. The Kier molecular flexibility index (Phi) is 6.87. The summed E-state index contributed by atoms with van der Waals surface area (Å²) >= 11 is 0. The number of carbonyl (C=O) groups is 1. The molecule has 2 rings (SSSR count). The fourth-order valence-electron chi connectivity index (χ4n) is 2.81. The van der Waals surface area contributed by atoms with Crippen molar-refractivity contribution >= 4 is 11.6 Å². The maximum absolute atomic E-state index is 12.3. The third kappa shape index (κ3) is 4.99. The van der Waals surface area contributed by atoms with Gasteiger partial charge in [-0.15, -0.1) is 0 Å². The summed E-state index contributed by atoms with van der Waals surface area (Å²) in [7, 11) is 0. The standard InChI is InChI=1S/C21H28N2O2/c1-5-23(6-2)19-11-8-17(9-12-19)15-22-21(24)18-10-13-20(25-7-3)16(4)14-18/h8-14H,5-7,15H2,1-4H3,(H,22,24). The van der Waals surface area contributed by atoms with E-state index < -0.39 is 0 Å². The number of anilines is 1. The van der Waals surface area contributed by atoms with E-state index in [1.165, 1.54) is 5.69 Å². The lowest BCUT2D eigenvalue weighted by Crippen LogP contribution is -2.23. The highest BCUT2D eigenvalue weighted by Gasteiger charge is 2.08. The van der Waals surface area contributed by atoms with Crippen LogP contribution in [0.15, 0.2) is 42.5 Å². The van der Waals surface area contributed by atoms with Crippen molar-refractivity contribution in [3.05, 3.63) is 59.2 Å². The maximum Gasteiger partial charge on any atom is 0.251 e. The molecule has 0 aliphatic heterocycles. The van der Waals surface area contributed by atoms with Crippen molar-refractivity contribution in [1.29, 1.82) is 0 Å². The lowest BCUT2D eigenvalue weighted by Gasteiger charge is -2.21. The van der Waals surface area contributed by atoms with E-state index in [1.807, 2.05) is 26.0 Å². The summed E-state index contributed by atoms with van der Waals surface area (Å²) in [4.78, 5) is 14.6. The van der Waals surface area contributed by atoms with Crippen LogP contribution in [0.1, 0.15) is 42.3 Å². The number of rotatable bonds is 8. The molecule has 0 saturated carbocycles. The molecule has 0 bridgehead atoms. The molecule has 1 N–H and O–H groups in total. The molecule has 4 nitrogen and oxygen atoms in total. The molecule has 0 radical (unpaired) electrons. The molecule has 0 heterocycles. The highest BCUT2D eigenvalue weighted by Crippen LogP contribution is 2.19. The molecule has 0 aliphatic carbocycles. The molecule has 0 saturated heterocycles. The highest BCUT2D eigenvalue weighted by atomic mass is 16.5. The number of nitrogens with one attached hydrogen (secondary N) is 1. The van der Waals surface area contributed by atoms with Gasteiger partial charge in [0.1, 0.15) is 5.75 Å². The molecule has 0 unspecified atom stereocenters. The molecule has 2 aromatic rings. The lowest BCUT2D eigenvalue weighted by molar-refractivity contribution is 0.0951. The van der Waals surface area contributed by atoms with Crippen LogP contribution in [0.25, 0.3) is 0 Å². The van der Waals surface area contributed by atoms with Gasteiger partial charge >= 0.3 is 0 Å². The summed E-state index contributed by atoms with van der Waals surface area (Å²) in [6.07, 6.45) is 0. The second kappa shape index (κ2) is 9.11. The van der Waals surface area contributed by atoms with E-state index in [2.05, 4.69) is 48.3 Å². The topological polar surface area (TPSA) is 41.6 Å². The van der Waals surface area contributed by atoms with Gasteiger partial charge in [-0.25, -0.2) is 0 Å². The van der Waals surface area contributed by atoms with Crippen molar-refractivity contribution in [2.75, 3.05) is 24.6 Å². The van der Waals surface area contributed by atoms with E-state index >= 15 is 0 Å². The molecule has 0 fully saturated rings. The van der Waals surface area contributed by atoms with Crippen LogP contribution < -0.4 is 15.0 Å². The van der Waals surface area contributed by atoms with Gasteiger partial charge in [0.2, 0.25) is 0 Å². The van der Waals surface area contributed by atoms with E-state index in [0.29, 0.717) is 18.7 Å². The molecule has 4 heteroatoms. The number of nitrogens with zero attached hydrogens (tertiary/aromatic N) is 1. The maximum atomic E-state index is 12.3. The van der Waals surface area contributed by atoms with Crippen LogP contribution in [0.2, 0.25) is 0 Å². The molecule has 1 amide bonds. The number of hydrogen-bond donors (Lipinski definition) is 1. The molecule has 134 valence electrons. The predicted octanol–water partition coefficient (Wildman–Crippen LogP) is 4.17. The van der Waals surface area contributed by atoms with Gasteiger partial charge in [0.05, 0.1) is 6.61 Å². The summed E-state index contributed by atoms with van der Waals surface area (Å²) in [6.45, 7) is 11.3. The third-order valence-electron chi connectivity index (χ3n) is 4.25. The number of carbonyl (C=O) groups excluding carboxylic acids is 1. The van der Waals surface area contributed by atoms with Crippen LogP contribution in [-0.2, 0) is 6.54 Å². The van der Waals surface area contributed by atoms with E-state index in [9.17, 15) is 4.79 Å². The van der Waals surface area contributed by atoms with E-state index in [4.69, 9.17) is 4.74 Å². The summed E-state index contributed by atoms with van der Waals surface area (Å²) < 4.78 is 5.51. The number of amides is 1. The zero-order chi connectivity index (χ0) is 18.2. The van der Waals surface area contributed by atoms with Crippen LogP contribution in [0.3, 0.4) is 0 Å². The molecule has 2 aromatic carbocycles. The van der Waals surface area contributed by atoms with Crippen LogP contribution in [0, 0.1) is 6.92 Å². The van der Waals surface area contributed by atoms with E-state index in [0.717, 1.165) is 30.0 Å². The Morgan fingerprint density at radius 2 is 1.72 bits per heavy atom. The van der Waals surface area contributed by atoms with Crippen LogP contribution >= 0.6 is 0 Å². The third-order valence-corrected chi connectivity index (χ3v) is 4.25. The summed E-state index contributed by atoms with van der Waals surface area (Å²) in [5.41, 5.74) is 3.92. The van der Waals surface area contributed by atoms with Gasteiger partial charge in [-0.1, -0.05) is 12.1 Å². The van der Waals surface area contributed by atoms with Crippen molar-refractivity contribution in [2.24, 2.45) is 0 Å². The summed E-state index contributed by atoms with van der Waals surface area (Å²) in [5.74, 6) is 0.755. The average molecular weight is 340 g/mol. The molecule has 0 aromatic heterocycles. The van der Waals surface area contributed by atoms with Crippen molar-refractivity contribution < 1.29 is 9.53 Å². The Balaban J connectivity index is 1.96. The Morgan fingerprint density at radius 3 is 2.28 bits per heavy atom. The zero-order valence-electron chi connectivity index (χ0n) is 15.6. The fourth-order valence-corrected chi connectivity index (χ4v) is 2.81. The Morgan fingerprint density at radius 1 is 1.04 bits per heavy atom. The number of aryl methyl sites for hydroxylation is 1. The van der Waals surface area contributed by atoms with Crippen molar-refractivity contribution in [3.8, 4) is 5.75 Å². The summed E-state index contributed by atoms with van der Waals surface area (Å²) in [6, 6.07) is 13.9. The average Bonchev–Trinajstić information content (AvgIpc) is 2.63. The second-order valence-electron chi connectivity index (χ2n) is 5.93. The zero-order valence-corrected chi connectivity index (χ0v) is 15.6. The first-order valence-electron chi connectivity index (χ1n) is 8.94. The van der Waals surface area contributed by atoms with Gasteiger partial charge in [-0.05, 0) is 69.2 Å². The molecular weight excluding hydrogens is 312 g/mol. The minimum absolute atomic E-state index is 0.0704. The van der Waals surface area contributed by atoms with Gasteiger partial charge in [-0.2, -0.15) is 0 Å². The lowest BCUT2D eigenvalue weighted by atomic mass is 10.1. The predicted molar refractivity (Wildman–Crippen MR) is 104 cm³/mol. The van der Waals surface area contributed by atoms with Crippen molar-refractivity contribution in [3.63, 3.8) is 0 Å². The number of hydrogen-bond acceptors (Lipinski definition) is 3. The largest absolute Gasteiger partial charge is 0.494 e. The van der Waals surface area contributed by atoms with Crippen molar-refractivity contribution in [2.45, 2.75) is 34.2 Å². The molecule has 0 aliphatic rings. The monoisotopic (exact) mass is 340 g/mol. The first-order valence-corrected chi connectivity index (χ1v) is 8.94. The minimum atomic E-state index is -0.0704. The number of ether oxygens (including phenoxy) is 1. The Labute approximate surface area is 150 Å². The second-order valence-corrected chi connectivity index (χ2v) is 5.93. The minimum Gasteiger partial charge on any atom is -0.494 e. The van der Waals surface area contributed by atoms with Gasteiger partial charge < -0.3 is 15.0 Å². The summed E-state index contributed by atoms with van der Waals surface area (Å²) in [5, 5.41) is 2.98. The van der Waals surface area contributed by atoms with E-state index in [-0.39, 0.29) is 5.91 Å². The van der Waals surface area contributed by atoms with Crippen LogP contribution in [0.5, 0.6) is 5.75 Å². The van der Waals surface area contributed by atoms with Gasteiger partial charge in [0, 0.05) is 30.9 Å². The Hall–Kier alpha value is -2.49. The molecule has 0 atom stereocenters. The molecular formula is C21H28N2O2. The quantitative estimate of drug-likeness (QED) is 0.784. The molecule has 0 spiro atoms. The van der Waals surface area contributed by atoms with Crippen LogP contribution in [0.4, 0.5) is 5.69 Å². The highest BCUT2D eigenvalue weighted by molar-refractivity contribution is 5.94.